The van der Waals surface area contributed by atoms with Crippen molar-refractivity contribution in [3.8, 4) is 5.75 Å². The molecule has 0 saturated carbocycles. The third kappa shape index (κ3) is 3.40. The Kier molecular flexibility index (Phi) is 4.14. The molecule has 1 aromatic rings. The number of ether oxygens (including phenoxy) is 2. The molecule has 0 aliphatic carbocycles. The molecular weight excluding hydrogens is 248 g/mol. The molecule has 1 saturated heterocycles. The fourth-order valence-corrected chi connectivity index (χ4v) is 2.36. The van der Waals surface area contributed by atoms with Crippen LogP contribution in [0.3, 0.4) is 0 Å². The Morgan fingerprint density at radius 3 is 2.72 bits per heavy atom. The van der Waals surface area contributed by atoms with E-state index in [1.807, 2.05) is 6.07 Å². The van der Waals surface area contributed by atoms with Crippen LogP contribution >= 0.6 is 12.2 Å². The molecule has 1 aliphatic heterocycles. The van der Waals surface area contributed by atoms with Gasteiger partial charge in [0.25, 0.3) is 0 Å². The summed E-state index contributed by atoms with van der Waals surface area (Å²) in [5.74, 6) is 0.763. The third-order valence-corrected chi connectivity index (χ3v) is 3.15. The molecule has 0 spiro atoms. The van der Waals surface area contributed by atoms with Gasteiger partial charge < -0.3 is 15.2 Å². The van der Waals surface area contributed by atoms with E-state index in [0.717, 1.165) is 18.6 Å². The highest BCUT2D eigenvalue weighted by Crippen LogP contribution is 2.24. The van der Waals surface area contributed by atoms with Gasteiger partial charge in [-0.15, -0.1) is 0 Å². The maximum atomic E-state index is 5.95. The molecule has 0 radical (unpaired) electrons. The highest BCUT2D eigenvalue weighted by molar-refractivity contribution is 7.80. The molecule has 2 heterocycles. The van der Waals surface area contributed by atoms with E-state index in [1.165, 1.54) is 0 Å². The van der Waals surface area contributed by atoms with E-state index in [4.69, 9.17) is 27.4 Å². The second-order valence-corrected chi connectivity index (χ2v) is 5.15. The molecular formula is C13H18N2O2S. The quantitative estimate of drug-likeness (QED) is 0.849. The fourth-order valence-electron chi connectivity index (χ4n) is 2.25. The third-order valence-electron chi connectivity index (χ3n) is 2.94. The zero-order valence-electron chi connectivity index (χ0n) is 10.6. The highest BCUT2D eigenvalue weighted by Gasteiger charge is 2.25. The molecule has 0 bridgehead atoms. The van der Waals surface area contributed by atoms with Crippen LogP contribution in [0.4, 0.5) is 0 Å². The minimum atomic E-state index is 0.172. The van der Waals surface area contributed by atoms with Gasteiger partial charge in [-0.2, -0.15) is 0 Å². The van der Waals surface area contributed by atoms with Crippen LogP contribution in [0.5, 0.6) is 5.75 Å². The molecule has 1 fully saturated rings. The van der Waals surface area contributed by atoms with E-state index in [0.29, 0.717) is 5.69 Å². The van der Waals surface area contributed by atoms with Crippen molar-refractivity contribution in [2.45, 2.75) is 45.0 Å². The van der Waals surface area contributed by atoms with Gasteiger partial charge in [0.2, 0.25) is 0 Å². The van der Waals surface area contributed by atoms with Gasteiger partial charge in [0.05, 0.1) is 12.2 Å². The predicted octanol–water partition coefficient (Wildman–Crippen LogP) is 2.05. The summed E-state index contributed by atoms with van der Waals surface area (Å²) in [4.78, 5) is 4.38. The lowest BCUT2D eigenvalue weighted by molar-refractivity contribution is -0.0721. The topological polar surface area (TPSA) is 57.4 Å². The van der Waals surface area contributed by atoms with E-state index in [9.17, 15) is 0 Å². The number of nitrogens with two attached hydrogens (primary N) is 1. The monoisotopic (exact) mass is 266 g/mol. The number of thiocarbonyl (C=S) groups is 1. The number of aromatic nitrogens is 1. The van der Waals surface area contributed by atoms with E-state index in [-0.39, 0.29) is 23.3 Å². The van der Waals surface area contributed by atoms with Gasteiger partial charge >= 0.3 is 0 Å². The van der Waals surface area contributed by atoms with Crippen molar-refractivity contribution in [1.82, 2.24) is 4.98 Å². The summed E-state index contributed by atoms with van der Waals surface area (Å²) in [7, 11) is 0. The highest BCUT2D eigenvalue weighted by atomic mass is 32.1. The van der Waals surface area contributed by atoms with Crippen molar-refractivity contribution in [2.24, 2.45) is 5.73 Å². The Balaban J connectivity index is 2.04. The van der Waals surface area contributed by atoms with Gasteiger partial charge in [0.1, 0.15) is 22.5 Å². The van der Waals surface area contributed by atoms with Crippen LogP contribution in [0.1, 0.15) is 32.4 Å². The number of nitrogens with zero attached hydrogens (tertiary/aromatic N) is 1. The largest absolute Gasteiger partial charge is 0.490 e. The first kappa shape index (κ1) is 13.2. The molecule has 2 rings (SSSR count). The average molecular weight is 266 g/mol. The Hall–Kier alpha value is -1.20. The molecule has 5 heteroatoms. The molecule has 2 atom stereocenters. The maximum absolute atomic E-state index is 5.95. The van der Waals surface area contributed by atoms with E-state index < -0.39 is 0 Å². The first-order valence-corrected chi connectivity index (χ1v) is 6.53. The van der Waals surface area contributed by atoms with Crippen LogP contribution in [0.15, 0.2) is 18.3 Å². The molecule has 98 valence electrons. The summed E-state index contributed by atoms with van der Waals surface area (Å²) < 4.78 is 11.6. The lowest BCUT2D eigenvalue weighted by atomic mass is 10.0. The van der Waals surface area contributed by atoms with E-state index in [2.05, 4.69) is 18.8 Å². The molecule has 0 aromatic carbocycles. The maximum Gasteiger partial charge on any atom is 0.123 e. The zero-order valence-corrected chi connectivity index (χ0v) is 11.4. The van der Waals surface area contributed by atoms with Gasteiger partial charge in [0, 0.05) is 25.1 Å². The number of rotatable bonds is 3. The normalized spacial score (nSPS) is 27.8. The number of pyridine rings is 1. The second-order valence-electron chi connectivity index (χ2n) is 4.71. The van der Waals surface area contributed by atoms with Crippen LogP contribution in [-0.4, -0.2) is 28.3 Å². The van der Waals surface area contributed by atoms with E-state index >= 15 is 0 Å². The first-order chi connectivity index (χ1) is 8.54. The Morgan fingerprint density at radius 1 is 1.44 bits per heavy atom. The predicted molar refractivity (Wildman–Crippen MR) is 73.8 cm³/mol. The SMILES string of the molecule is CC1CC(Oc2ccnc(C(N)=S)c2)CC(C)O1. The summed E-state index contributed by atoms with van der Waals surface area (Å²) in [6, 6.07) is 3.61. The summed E-state index contributed by atoms with van der Waals surface area (Å²) in [6.07, 6.45) is 4.09. The summed E-state index contributed by atoms with van der Waals surface area (Å²) in [5, 5.41) is 0. The standard InChI is InChI=1S/C13H18N2O2S/c1-8-5-11(6-9(2)16-8)17-10-3-4-15-12(7-10)13(14)18/h3-4,7-9,11H,5-6H2,1-2H3,(H2,14,18). The van der Waals surface area contributed by atoms with Gasteiger partial charge in [0.15, 0.2) is 0 Å². The van der Waals surface area contributed by atoms with Gasteiger partial charge in [-0.05, 0) is 19.9 Å². The lowest BCUT2D eigenvalue weighted by Crippen LogP contribution is -2.35. The molecule has 4 nitrogen and oxygen atoms in total. The molecule has 1 aliphatic rings. The van der Waals surface area contributed by atoms with Gasteiger partial charge in [-0.1, -0.05) is 12.2 Å². The van der Waals surface area contributed by atoms with Crippen LogP contribution in [0.25, 0.3) is 0 Å². The van der Waals surface area contributed by atoms with Crippen molar-refractivity contribution in [2.75, 3.05) is 0 Å². The number of hydrogen-bond donors (Lipinski definition) is 1. The van der Waals surface area contributed by atoms with Crippen molar-refractivity contribution < 1.29 is 9.47 Å². The Morgan fingerprint density at radius 2 is 2.11 bits per heavy atom. The molecule has 2 unspecified atom stereocenters. The molecule has 1 aromatic heterocycles. The average Bonchev–Trinajstić information content (AvgIpc) is 2.27. The second kappa shape index (κ2) is 5.63. The summed E-state index contributed by atoms with van der Waals surface area (Å²) in [5.41, 5.74) is 6.15. The minimum absolute atomic E-state index is 0.172. The lowest BCUT2D eigenvalue weighted by Gasteiger charge is -2.32. The van der Waals surface area contributed by atoms with Gasteiger partial charge in [-0.25, -0.2) is 0 Å². The van der Waals surface area contributed by atoms with Crippen LogP contribution in [-0.2, 0) is 4.74 Å². The Labute approximate surface area is 112 Å². The summed E-state index contributed by atoms with van der Waals surface area (Å²) in [6.45, 7) is 4.14. The van der Waals surface area contributed by atoms with E-state index in [1.54, 1.807) is 12.3 Å². The van der Waals surface area contributed by atoms with Crippen LogP contribution in [0, 0.1) is 0 Å². The zero-order chi connectivity index (χ0) is 13.1. The molecule has 18 heavy (non-hydrogen) atoms. The van der Waals surface area contributed by atoms with Gasteiger partial charge in [-0.3, -0.25) is 4.98 Å². The van der Waals surface area contributed by atoms with Crippen molar-refractivity contribution >= 4 is 17.2 Å². The van der Waals surface area contributed by atoms with Crippen molar-refractivity contribution in [3.05, 3.63) is 24.0 Å². The fraction of sp³-hybridized carbons (Fsp3) is 0.538. The molecule has 2 N–H and O–H groups in total. The Bertz CT molecular complexity index is 429. The first-order valence-electron chi connectivity index (χ1n) is 6.12. The van der Waals surface area contributed by atoms with Crippen molar-refractivity contribution in [3.63, 3.8) is 0 Å². The number of hydrogen-bond acceptors (Lipinski definition) is 4. The van der Waals surface area contributed by atoms with Crippen LogP contribution < -0.4 is 10.5 Å². The van der Waals surface area contributed by atoms with Crippen molar-refractivity contribution in [1.29, 1.82) is 0 Å². The summed E-state index contributed by atoms with van der Waals surface area (Å²) >= 11 is 4.90. The van der Waals surface area contributed by atoms with Crippen LogP contribution in [0.2, 0.25) is 0 Å². The molecule has 0 amide bonds. The minimum Gasteiger partial charge on any atom is -0.490 e. The smallest absolute Gasteiger partial charge is 0.123 e.